The number of amides is 2. The van der Waals surface area contributed by atoms with Crippen LogP contribution in [0.15, 0.2) is 57.8 Å². The second-order valence-electron chi connectivity index (χ2n) is 8.39. The Morgan fingerprint density at radius 1 is 1.11 bits per heavy atom. The number of hydrogen-bond acceptors (Lipinski definition) is 6. The summed E-state index contributed by atoms with van der Waals surface area (Å²) in [5.74, 6) is -0.600. The first-order valence-electron chi connectivity index (χ1n) is 11.3. The van der Waals surface area contributed by atoms with E-state index in [1.54, 1.807) is 31.4 Å². The summed E-state index contributed by atoms with van der Waals surface area (Å²) in [6, 6.07) is 11.0. The van der Waals surface area contributed by atoms with Crippen molar-refractivity contribution in [1.82, 2.24) is 4.90 Å². The fraction of sp³-hybridized carbons (Fsp3) is 0.375. The van der Waals surface area contributed by atoms with Crippen LogP contribution in [-0.2, 0) is 19.6 Å². The summed E-state index contributed by atoms with van der Waals surface area (Å²) in [5, 5.41) is 2.03. The molecule has 2 aromatic rings. The summed E-state index contributed by atoms with van der Waals surface area (Å²) in [5.41, 5.74) is 0.558. The molecule has 2 fully saturated rings. The van der Waals surface area contributed by atoms with Crippen molar-refractivity contribution in [3.63, 3.8) is 0 Å². The minimum Gasteiger partial charge on any atom is -0.497 e. The topological polar surface area (TPSA) is 105 Å². The molecule has 1 saturated carbocycles. The lowest BCUT2D eigenvalue weighted by molar-refractivity contribution is -0.130. The van der Waals surface area contributed by atoms with Crippen LogP contribution in [0.5, 0.6) is 5.75 Å². The summed E-state index contributed by atoms with van der Waals surface area (Å²) in [6.07, 6.45) is 4.27. The van der Waals surface area contributed by atoms with Crippen LogP contribution in [0.25, 0.3) is 0 Å². The highest BCUT2D eigenvalue weighted by Gasteiger charge is 2.43. The van der Waals surface area contributed by atoms with E-state index in [1.807, 2.05) is 0 Å². The predicted molar refractivity (Wildman–Crippen MR) is 132 cm³/mol. The second-order valence-corrected chi connectivity index (χ2v) is 11.2. The maximum Gasteiger partial charge on any atom is 0.284 e. The first-order chi connectivity index (χ1) is 16.8. The van der Waals surface area contributed by atoms with Gasteiger partial charge in [0.15, 0.2) is 5.17 Å². The van der Waals surface area contributed by atoms with Crippen molar-refractivity contribution in [3.8, 4) is 5.75 Å². The molecule has 11 heteroatoms. The zero-order chi connectivity index (χ0) is 25.0. The number of methoxy groups -OCH3 is 1. The zero-order valence-corrected chi connectivity index (χ0v) is 20.8. The quantitative estimate of drug-likeness (QED) is 0.588. The Morgan fingerprint density at radius 3 is 2.40 bits per heavy atom. The molecule has 35 heavy (non-hydrogen) atoms. The second kappa shape index (κ2) is 10.8. The van der Waals surface area contributed by atoms with Crippen LogP contribution in [0.2, 0.25) is 0 Å². The number of rotatable bonds is 7. The van der Waals surface area contributed by atoms with E-state index in [1.165, 1.54) is 4.90 Å². The number of benzene rings is 2. The average Bonchev–Trinajstić information content (AvgIpc) is 3.13. The van der Waals surface area contributed by atoms with Gasteiger partial charge in [-0.15, -0.1) is 4.40 Å². The summed E-state index contributed by atoms with van der Waals surface area (Å²) in [7, 11) is -2.62. The normalized spacial score (nSPS) is 20.3. The van der Waals surface area contributed by atoms with Gasteiger partial charge in [0.2, 0.25) is 11.8 Å². The lowest BCUT2D eigenvalue weighted by Gasteiger charge is -2.30. The van der Waals surface area contributed by atoms with Gasteiger partial charge in [-0.25, -0.2) is 4.39 Å². The Balaban J connectivity index is 1.55. The van der Waals surface area contributed by atoms with Crippen molar-refractivity contribution in [1.29, 1.82) is 0 Å². The molecule has 1 saturated heterocycles. The molecule has 2 aromatic carbocycles. The van der Waals surface area contributed by atoms with Gasteiger partial charge in [-0.3, -0.25) is 14.5 Å². The van der Waals surface area contributed by atoms with Crippen LogP contribution < -0.4 is 10.1 Å². The maximum atomic E-state index is 13.3. The molecule has 0 radical (unpaired) electrons. The number of halogens is 1. The monoisotopic (exact) mass is 519 g/mol. The van der Waals surface area contributed by atoms with Gasteiger partial charge < -0.3 is 10.1 Å². The van der Waals surface area contributed by atoms with Crippen molar-refractivity contribution in [3.05, 3.63) is 54.3 Å². The van der Waals surface area contributed by atoms with Crippen LogP contribution in [0.3, 0.4) is 0 Å². The van der Waals surface area contributed by atoms with Crippen LogP contribution in [0.4, 0.5) is 10.1 Å². The number of thioether (sulfide) groups is 1. The molecule has 4 rings (SSSR count). The van der Waals surface area contributed by atoms with Crippen molar-refractivity contribution < 1.29 is 27.1 Å². The molecule has 1 unspecified atom stereocenters. The number of carbonyl (C=O) groups excluding carboxylic acids is 2. The van der Waals surface area contributed by atoms with Gasteiger partial charge in [-0.2, -0.15) is 8.42 Å². The number of anilines is 1. The van der Waals surface area contributed by atoms with Crippen molar-refractivity contribution in [2.45, 2.75) is 54.7 Å². The van der Waals surface area contributed by atoms with Crippen LogP contribution >= 0.6 is 11.8 Å². The number of ether oxygens (including phenoxy) is 1. The molecule has 1 N–H and O–H groups in total. The summed E-state index contributed by atoms with van der Waals surface area (Å²) < 4.78 is 48.2. The Bertz CT molecular complexity index is 1210. The van der Waals surface area contributed by atoms with E-state index in [9.17, 15) is 22.4 Å². The van der Waals surface area contributed by atoms with E-state index in [0.717, 1.165) is 68.1 Å². The molecule has 0 aromatic heterocycles. The largest absolute Gasteiger partial charge is 0.497 e. The number of nitrogens with one attached hydrogen (secondary N) is 1. The van der Waals surface area contributed by atoms with Crippen molar-refractivity contribution in [2.24, 2.45) is 4.40 Å². The van der Waals surface area contributed by atoms with Gasteiger partial charge in [-0.05, 0) is 61.4 Å². The van der Waals surface area contributed by atoms with Crippen molar-refractivity contribution in [2.75, 3.05) is 12.4 Å². The summed E-state index contributed by atoms with van der Waals surface area (Å²) in [6.45, 7) is 0. The fourth-order valence-electron chi connectivity index (χ4n) is 4.17. The highest BCUT2D eigenvalue weighted by Crippen LogP contribution is 2.36. The minimum atomic E-state index is -4.17. The highest BCUT2D eigenvalue weighted by molar-refractivity contribution is 8.16. The number of hydrogen-bond donors (Lipinski definition) is 1. The maximum absolute atomic E-state index is 13.3. The standard InChI is InChI=1S/C24H26FN3O5S2/c1-33-19-11-9-17(10-12-19)26-22(29)15-21-23(30)28(18-5-3-2-4-6-18)24(34-21)27-35(31,32)20-13-7-16(25)8-14-20/h7-14,18,21H,2-6,15H2,1H3,(H,26,29). The molecule has 0 bridgehead atoms. The van der Waals surface area contributed by atoms with E-state index < -0.39 is 21.1 Å². The number of carbonyl (C=O) groups is 2. The highest BCUT2D eigenvalue weighted by atomic mass is 32.2. The molecule has 1 heterocycles. The third kappa shape index (κ3) is 6.02. The van der Waals surface area contributed by atoms with E-state index in [0.29, 0.717) is 11.4 Å². The molecule has 2 aliphatic rings. The smallest absolute Gasteiger partial charge is 0.284 e. The van der Waals surface area contributed by atoms with Gasteiger partial charge in [0.1, 0.15) is 16.8 Å². The van der Waals surface area contributed by atoms with Crippen LogP contribution in [0, 0.1) is 5.82 Å². The molecule has 2 amide bonds. The lowest BCUT2D eigenvalue weighted by atomic mass is 9.94. The summed E-state index contributed by atoms with van der Waals surface area (Å²) in [4.78, 5) is 27.3. The third-order valence-electron chi connectivity index (χ3n) is 5.96. The van der Waals surface area contributed by atoms with E-state index in [2.05, 4.69) is 9.71 Å². The lowest BCUT2D eigenvalue weighted by Crippen LogP contribution is -2.42. The van der Waals surface area contributed by atoms with Crippen molar-refractivity contribution >= 4 is 44.5 Å². The summed E-state index contributed by atoms with van der Waals surface area (Å²) >= 11 is 0.982. The predicted octanol–water partition coefficient (Wildman–Crippen LogP) is 4.18. The Kier molecular flexibility index (Phi) is 7.75. The van der Waals surface area contributed by atoms with Gasteiger partial charge >= 0.3 is 0 Å². The van der Waals surface area contributed by atoms with E-state index in [4.69, 9.17) is 4.74 Å². The number of amidine groups is 1. The molecule has 1 aliphatic carbocycles. The van der Waals surface area contributed by atoms with E-state index in [-0.39, 0.29) is 34.3 Å². The van der Waals surface area contributed by atoms with Gasteiger partial charge in [-0.1, -0.05) is 31.0 Å². The Hall–Kier alpha value is -2.92. The molecule has 8 nitrogen and oxygen atoms in total. The Labute approximate surface area is 208 Å². The van der Waals surface area contributed by atoms with Gasteiger partial charge in [0, 0.05) is 18.2 Å². The molecule has 1 aliphatic heterocycles. The fourth-order valence-corrected chi connectivity index (χ4v) is 6.57. The van der Waals surface area contributed by atoms with Gasteiger partial charge in [0.05, 0.1) is 12.0 Å². The average molecular weight is 520 g/mol. The molecular formula is C24H26FN3O5S2. The molecule has 186 valence electrons. The zero-order valence-electron chi connectivity index (χ0n) is 19.1. The molecule has 1 atom stereocenters. The first kappa shape index (κ1) is 25.2. The number of sulfonamides is 1. The minimum absolute atomic E-state index is 0.0634. The van der Waals surface area contributed by atoms with Crippen LogP contribution in [-0.4, -0.2) is 48.7 Å². The molecule has 0 spiro atoms. The van der Waals surface area contributed by atoms with Gasteiger partial charge in [0.25, 0.3) is 10.0 Å². The van der Waals surface area contributed by atoms with Crippen LogP contribution in [0.1, 0.15) is 38.5 Å². The number of nitrogens with zero attached hydrogens (tertiary/aromatic N) is 2. The first-order valence-corrected chi connectivity index (χ1v) is 13.6. The third-order valence-corrected chi connectivity index (χ3v) is 8.51. The van der Waals surface area contributed by atoms with E-state index >= 15 is 0 Å². The Morgan fingerprint density at radius 2 is 1.77 bits per heavy atom. The SMILES string of the molecule is COc1ccc(NC(=O)CC2SC(=NS(=O)(=O)c3ccc(F)cc3)N(C3CCCCC3)C2=O)cc1. The molecular weight excluding hydrogens is 493 g/mol.